The Balaban J connectivity index is 2.46. The maximum Gasteiger partial charge on any atom is 0.419 e. The Morgan fingerprint density at radius 3 is 2.62 bits per heavy atom. The van der Waals surface area contributed by atoms with E-state index in [1.54, 1.807) is 0 Å². The summed E-state index contributed by atoms with van der Waals surface area (Å²) >= 11 is -0.0740. The van der Waals surface area contributed by atoms with Crippen LogP contribution >= 0.6 is 0 Å². The molecular formula is C12H14I+. The van der Waals surface area contributed by atoms with Gasteiger partial charge in [-0.2, -0.15) is 0 Å². The summed E-state index contributed by atoms with van der Waals surface area (Å²) in [6.45, 7) is 4.36. The Morgan fingerprint density at radius 2 is 2.00 bits per heavy atom. The molecule has 0 heterocycles. The van der Waals surface area contributed by atoms with Gasteiger partial charge in [-0.1, -0.05) is 32.0 Å². The van der Waals surface area contributed by atoms with Crippen LogP contribution in [0.15, 0.2) is 30.3 Å². The van der Waals surface area contributed by atoms with Gasteiger partial charge < -0.3 is 0 Å². The first-order chi connectivity index (χ1) is 6.33. The SMILES string of the molecule is CCC(C)C#C[I+]c1ccccc1. The van der Waals surface area contributed by atoms with E-state index < -0.39 is 0 Å². The highest BCUT2D eigenvalue weighted by Crippen LogP contribution is 1.94. The summed E-state index contributed by atoms with van der Waals surface area (Å²) in [5.41, 5.74) is 0. The third-order valence-electron chi connectivity index (χ3n) is 1.80. The van der Waals surface area contributed by atoms with Crippen LogP contribution < -0.4 is 21.2 Å². The molecule has 0 aliphatic heterocycles. The number of benzene rings is 1. The first-order valence-corrected chi connectivity index (χ1v) is 6.68. The number of halogens is 1. The van der Waals surface area contributed by atoms with Crippen molar-refractivity contribution < 1.29 is 21.2 Å². The molecule has 1 aromatic rings. The molecule has 1 unspecified atom stereocenters. The van der Waals surface area contributed by atoms with Crippen LogP contribution in [0.4, 0.5) is 0 Å². The van der Waals surface area contributed by atoms with Gasteiger partial charge in [0.05, 0.1) is 0 Å². The summed E-state index contributed by atoms with van der Waals surface area (Å²) in [4.78, 5) is 0. The Morgan fingerprint density at radius 1 is 1.31 bits per heavy atom. The Kier molecular flexibility index (Phi) is 4.92. The van der Waals surface area contributed by atoms with Crippen LogP contribution in [0.5, 0.6) is 0 Å². The molecule has 0 spiro atoms. The van der Waals surface area contributed by atoms with Crippen molar-refractivity contribution in [2.45, 2.75) is 20.3 Å². The maximum absolute atomic E-state index is 3.31. The zero-order valence-corrected chi connectivity index (χ0v) is 10.2. The molecule has 0 saturated carbocycles. The third kappa shape index (κ3) is 4.33. The van der Waals surface area contributed by atoms with E-state index in [2.05, 4.69) is 54.0 Å². The molecule has 0 aliphatic rings. The lowest BCUT2D eigenvalue weighted by molar-refractivity contribution is -0.535. The average molecular weight is 285 g/mol. The molecule has 0 amide bonds. The molecule has 13 heavy (non-hydrogen) atoms. The summed E-state index contributed by atoms with van der Waals surface area (Å²) < 4.78 is 4.73. The van der Waals surface area contributed by atoms with Gasteiger partial charge in [0.15, 0.2) is 3.93 Å². The minimum absolute atomic E-state index is 0.0740. The highest BCUT2D eigenvalue weighted by atomic mass is 127. The minimum Gasteiger partial charge on any atom is -0.0642 e. The highest BCUT2D eigenvalue weighted by molar-refractivity contribution is 5.01. The molecule has 0 N–H and O–H groups in total. The standard InChI is InChI=1S/C12H14I/c1-3-11(2)9-10-13-12-7-5-4-6-8-12/h4-8,11H,3H2,1-2H3/q+1. The summed E-state index contributed by atoms with van der Waals surface area (Å²) in [7, 11) is 0. The van der Waals surface area contributed by atoms with Gasteiger partial charge in [0.2, 0.25) is 3.57 Å². The van der Waals surface area contributed by atoms with Crippen molar-refractivity contribution in [2.24, 2.45) is 5.92 Å². The molecule has 0 saturated heterocycles. The summed E-state index contributed by atoms with van der Waals surface area (Å²) in [5.74, 6) is 3.84. The van der Waals surface area contributed by atoms with Crippen molar-refractivity contribution in [3.8, 4) is 9.85 Å². The topological polar surface area (TPSA) is 0 Å². The lowest BCUT2D eigenvalue weighted by atomic mass is 10.1. The van der Waals surface area contributed by atoms with Crippen molar-refractivity contribution in [3.05, 3.63) is 33.9 Å². The fraction of sp³-hybridized carbons (Fsp3) is 0.333. The van der Waals surface area contributed by atoms with Gasteiger partial charge in [0.25, 0.3) is 0 Å². The quantitative estimate of drug-likeness (QED) is 0.528. The van der Waals surface area contributed by atoms with Gasteiger partial charge in [-0.3, -0.25) is 0 Å². The molecule has 1 heteroatoms. The summed E-state index contributed by atoms with van der Waals surface area (Å²) in [5, 5.41) is 0. The van der Waals surface area contributed by atoms with E-state index in [0.717, 1.165) is 6.42 Å². The van der Waals surface area contributed by atoms with Crippen molar-refractivity contribution in [3.63, 3.8) is 0 Å². The van der Waals surface area contributed by atoms with Gasteiger partial charge in [0.1, 0.15) is 0 Å². The smallest absolute Gasteiger partial charge is 0.0642 e. The molecule has 0 bridgehead atoms. The predicted molar refractivity (Wildman–Crippen MR) is 52.4 cm³/mol. The van der Waals surface area contributed by atoms with Crippen LogP contribution in [-0.4, -0.2) is 0 Å². The van der Waals surface area contributed by atoms with E-state index in [1.807, 2.05) is 0 Å². The van der Waals surface area contributed by atoms with Crippen LogP contribution in [0, 0.1) is 19.3 Å². The van der Waals surface area contributed by atoms with E-state index in [4.69, 9.17) is 0 Å². The van der Waals surface area contributed by atoms with Crippen LogP contribution in [0.25, 0.3) is 0 Å². The van der Waals surface area contributed by atoms with Crippen molar-refractivity contribution in [1.29, 1.82) is 0 Å². The second-order valence-electron chi connectivity index (χ2n) is 2.94. The molecule has 1 atom stereocenters. The zero-order valence-electron chi connectivity index (χ0n) is 8.05. The van der Waals surface area contributed by atoms with Crippen LogP contribution in [-0.2, 0) is 0 Å². The molecule has 1 aromatic carbocycles. The largest absolute Gasteiger partial charge is 0.419 e. The molecule has 0 radical (unpaired) electrons. The Bertz CT molecular complexity index is 292. The second kappa shape index (κ2) is 6.04. The van der Waals surface area contributed by atoms with Crippen LogP contribution in [0.2, 0.25) is 0 Å². The van der Waals surface area contributed by atoms with E-state index in [0.29, 0.717) is 5.92 Å². The predicted octanol–water partition coefficient (Wildman–Crippen LogP) is -0.0478. The van der Waals surface area contributed by atoms with Gasteiger partial charge in [-0.25, -0.2) is 0 Å². The Labute approximate surface area is 91.0 Å². The van der Waals surface area contributed by atoms with Crippen molar-refractivity contribution in [2.75, 3.05) is 0 Å². The number of rotatable bonds is 2. The monoisotopic (exact) mass is 285 g/mol. The van der Waals surface area contributed by atoms with E-state index in [9.17, 15) is 0 Å². The lowest BCUT2D eigenvalue weighted by Gasteiger charge is -1.90. The molecule has 0 aromatic heterocycles. The molecular weight excluding hydrogens is 271 g/mol. The highest BCUT2D eigenvalue weighted by Gasteiger charge is 2.06. The second-order valence-corrected chi connectivity index (χ2v) is 5.26. The van der Waals surface area contributed by atoms with Gasteiger partial charge in [-0.05, 0) is 24.5 Å². The molecule has 0 fully saturated rings. The fourth-order valence-electron chi connectivity index (χ4n) is 0.755. The normalized spacial score (nSPS) is 11.5. The third-order valence-corrected chi connectivity index (χ3v) is 3.73. The van der Waals surface area contributed by atoms with Crippen LogP contribution in [0.3, 0.4) is 0 Å². The lowest BCUT2D eigenvalue weighted by Crippen LogP contribution is -3.59. The molecule has 0 nitrogen and oxygen atoms in total. The zero-order chi connectivity index (χ0) is 9.52. The number of hydrogen-bond donors (Lipinski definition) is 0. The number of hydrogen-bond acceptors (Lipinski definition) is 0. The van der Waals surface area contributed by atoms with E-state index in [1.165, 1.54) is 3.57 Å². The van der Waals surface area contributed by atoms with E-state index >= 15 is 0 Å². The fourth-order valence-corrected chi connectivity index (χ4v) is 2.53. The maximum atomic E-state index is 3.31. The molecule has 68 valence electrons. The van der Waals surface area contributed by atoms with Crippen molar-refractivity contribution in [1.82, 2.24) is 0 Å². The Hall–Kier alpha value is -0.490. The van der Waals surface area contributed by atoms with Crippen LogP contribution in [0.1, 0.15) is 20.3 Å². The first kappa shape index (κ1) is 10.6. The van der Waals surface area contributed by atoms with Gasteiger partial charge in [-0.15, -0.1) is 0 Å². The average Bonchev–Trinajstić information content (AvgIpc) is 2.19. The summed E-state index contributed by atoms with van der Waals surface area (Å²) in [6, 6.07) is 10.5. The van der Waals surface area contributed by atoms with E-state index in [-0.39, 0.29) is 21.2 Å². The summed E-state index contributed by atoms with van der Waals surface area (Å²) in [6.07, 6.45) is 1.16. The van der Waals surface area contributed by atoms with Gasteiger partial charge >= 0.3 is 21.2 Å². The van der Waals surface area contributed by atoms with Crippen molar-refractivity contribution >= 4 is 0 Å². The first-order valence-electron chi connectivity index (χ1n) is 4.52. The molecule has 1 rings (SSSR count). The molecule has 0 aliphatic carbocycles. The van der Waals surface area contributed by atoms with Gasteiger partial charge in [0, 0.05) is 5.92 Å². The minimum atomic E-state index is -0.0740.